The van der Waals surface area contributed by atoms with Gasteiger partial charge in [-0.15, -0.1) is 0 Å². The lowest BCUT2D eigenvalue weighted by atomic mass is 9.82. The summed E-state index contributed by atoms with van der Waals surface area (Å²) in [5, 5.41) is 57.2. The van der Waals surface area contributed by atoms with Gasteiger partial charge in [0.05, 0.1) is 37.3 Å². The van der Waals surface area contributed by atoms with E-state index in [0.29, 0.717) is 0 Å². The van der Waals surface area contributed by atoms with Crippen LogP contribution >= 0.6 is 0 Å². The van der Waals surface area contributed by atoms with Crippen LogP contribution in [0.25, 0.3) is 0 Å². The van der Waals surface area contributed by atoms with Crippen molar-refractivity contribution in [1.29, 1.82) is 0 Å². The Bertz CT molecular complexity index is 1700. The van der Waals surface area contributed by atoms with Crippen molar-refractivity contribution in [2.75, 3.05) is 26.7 Å². The Morgan fingerprint density at radius 2 is 1.26 bits per heavy atom. The highest BCUT2D eigenvalue weighted by molar-refractivity contribution is 5.81. The molecule has 380 valence electrons. The lowest BCUT2D eigenvalue weighted by molar-refractivity contribution is -0.311. The third-order valence-corrected chi connectivity index (χ3v) is 9.95. The van der Waals surface area contributed by atoms with Gasteiger partial charge in [-0.3, -0.25) is 4.79 Å². The minimum absolute atomic E-state index is 0.0686. The molecule has 23 heteroatoms. The molecule has 5 amide bonds. The van der Waals surface area contributed by atoms with E-state index in [1.54, 1.807) is 89.2 Å². The summed E-state index contributed by atoms with van der Waals surface area (Å²) in [7, 11) is 1.31. The maximum absolute atomic E-state index is 13.7. The Labute approximate surface area is 387 Å². The second-order valence-corrected chi connectivity index (χ2v) is 20.9. The standard InChI is InChI=1S/C43H76N6O17/c1-39(2,3)63-35(54)45-18-17-26(50)32(53)46-24-19-25(48-37(56)65-41(7,8)9)30(61-33-23(16-15-22(20-44)60-33)47-36(55)64-40(4,5)6)27(51)29(24)62-34-28(52)31(43(13,58)21-59-34)49(14)38(57)66-42(10,11)12/h15,23-31,33-34,50-52,58H,16-21,44H2,1-14H3,(H,45,54)(H,46,53)(H,47,55)(H,48,56)/t23?,24-,25-,26+,27+,28+,29-,30-,31?,33+,34+,43-/m0/s1. The quantitative estimate of drug-likeness (QED) is 0.118. The molecule has 1 aliphatic carbocycles. The van der Waals surface area contributed by atoms with Crippen LogP contribution in [0.15, 0.2) is 11.8 Å². The molecule has 2 unspecified atom stereocenters. The number of nitrogens with zero attached hydrogens (tertiary/aromatic N) is 1. The van der Waals surface area contributed by atoms with Gasteiger partial charge in [0.15, 0.2) is 6.29 Å². The molecule has 1 saturated heterocycles. The number of rotatable bonds is 13. The highest BCUT2D eigenvalue weighted by atomic mass is 16.7. The fraction of sp³-hybridized carbons (Fsp3) is 0.837. The molecular formula is C43H76N6O17. The lowest BCUT2D eigenvalue weighted by Crippen LogP contribution is -2.71. The van der Waals surface area contributed by atoms with Gasteiger partial charge in [-0.2, -0.15) is 0 Å². The zero-order chi connectivity index (χ0) is 50.3. The summed E-state index contributed by atoms with van der Waals surface area (Å²) in [5.41, 5.74) is 0.455. The first-order valence-electron chi connectivity index (χ1n) is 22.1. The Morgan fingerprint density at radius 3 is 1.77 bits per heavy atom. The van der Waals surface area contributed by atoms with Crippen molar-refractivity contribution in [3.63, 3.8) is 0 Å². The molecule has 10 N–H and O–H groups in total. The van der Waals surface area contributed by atoms with Gasteiger partial charge in [0.1, 0.15) is 64.3 Å². The van der Waals surface area contributed by atoms with Crippen molar-refractivity contribution in [1.82, 2.24) is 26.2 Å². The maximum atomic E-state index is 13.7. The average molecular weight is 949 g/mol. The van der Waals surface area contributed by atoms with Gasteiger partial charge in [0, 0.05) is 13.6 Å². The molecular weight excluding hydrogens is 872 g/mol. The number of aliphatic hydroxyl groups is 4. The van der Waals surface area contributed by atoms with E-state index in [9.17, 15) is 44.4 Å². The predicted molar refractivity (Wildman–Crippen MR) is 234 cm³/mol. The van der Waals surface area contributed by atoms with Gasteiger partial charge < -0.3 is 90.2 Å². The monoisotopic (exact) mass is 949 g/mol. The largest absolute Gasteiger partial charge is 0.466 e. The molecule has 3 aliphatic rings. The molecule has 23 nitrogen and oxygen atoms in total. The predicted octanol–water partition coefficient (Wildman–Crippen LogP) is 1.36. The summed E-state index contributed by atoms with van der Waals surface area (Å²) >= 11 is 0. The van der Waals surface area contributed by atoms with E-state index in [-0.39, 0.29) is 38.1 Å². The van der Waals surface area contributed by atoms with Crippen molar-refractivity contribution < 1.29 is 82.3 Å². The minimum Gasteiger partial charge on any atom is -0.466 e. The van der Waals surface area contributed by atoms with E-state index in [0.717, 1.165) is 4.90 Å². The van der Waals surface area contributed by atoms with Crippen molar-refractivity contribution >= 4 is 30.3 Å². The molecule has 0 bridgehead atoms. The first-order chi connectivity index (χ1) is 30.1. The van der Waals surface area contributed by atoms with E-state index < -0.39 is 132 Å². The molecule has 0 aromatic rings. The number of likely N-dealkylation sites (N-methyl/N-ethyl adjacent to an activating group) is 1. The van der Waals surface area contributed by atoms with E-state index in [2.05, 4.69) is 21.3 Å². The number of ether oxygens (including phenoxy) is 8. The van der Waals surface area contributed by atoms with Crippen LogP contribution < -0.4 is 27.0 Å². The second-order valence-electron chi connectivity index (χ2n) is 20.9. The molecule has 0 radical (unpaired) electrons. The zero-order valence-corrected chi connectivity index (χ0v) is 40.8. The number of aliphatic hydroxyl groups excluding tert-OH is 3. The Kier molecular flexibility index (Phi) is 18.9. The average Bonchev–Trinajstić information content (AvgIpc) is 3.12. The van der Waals surface area contributed by atoms with Gasteiger partial charge in [0.25, 0.3) is 0 Å². The van der Waals surface area contributed by atoms with Gasteiger partial charge >= 0.3 is 24.4 Å². The normalized spacial score (nSPS) is 30.0. The van der Waals surface area contributed by atoms with Crippen LogP contribution in [0.3, 0.4) is 0 Å². The first kappa shape index (κ1) is 56.1. The van der Waals surface area contributed by atoms with E-state index in [4.69, 9.17) is 43.6 Å². The van der Waals surface area contributed by atoms with Gasteiger partial charge in [-0.1, -0.05) is 0 Å². The molecule has 1 saturated carbocycles. The van der Waals surface area contributed by atoms with Crippen LogP contribution in [0, 0.1) is 0 Å². The van der Waals surface area contributed by atoms with E-state index in [1.165, 1.54) is 14.0 Å². The molecule has 2 aliphatic heterocycles. The third-order valence-electron chi connectivity index (χ3n) is 9.95. The topological polar surface area (TPSA) is 317 Å². The van der Waals surface area contributed by atoms with Crippen molar-refractivity contribution in [3.8, 4) is 0 Å². The number of carbonyl (C=O) groups excluding carboxylic acids is 5. The minimum atomic E-state index is -1.88. The molecule has 0 aromatic carbocycles. The van der Waals surface area contributed by atoms with Crippen LogP contribution in [-0.4, -0.2) is 178 Å². The number of hydrogen-bond donors (Lipinski definition) is 9. The summed E-state index contributed by atoms with van der Waals surface area (Å²) in [5.74, 6) is -0.698. The highest BCUT2D eigenvalue weighted by Gasteiger charge is 2.55. The number of nitrogens with two attached hydrogens (primary N) is 1. The van der Waals surface area contributed by atoms with E-state index in [1.807, 2.05) is 0 Å². The van der Waals surface area contributed by atoms with Crippen LogP contribution in [0.5, 0.6) is 0 Å². The Balaban J connectivity index is 2.08. The van der Waals surface area contributed by atoms with Crippen molar-refractivity contribution in [3.05, 3.63) is 11.8 Å². The number of carbonyl (C=O) groups is 5. The number of alkyl carbamates (subject to hydrolysis) is 3. The fourth-order valence-electron chi connectivity index (χ4n) is 7.30. The molecule has 66 heavy (non-hydrogen) atoms. The second kappa shape index (κ2) is 22.3. The molecule has 12 atom stereocenters. The summed E-state index contributed by atoms with van der Waals surface area (Å²) < 4.78 is 46.4. The Hall–Kier alpha value is -4.23. The van der Waals surface area contributed by atoms with Gasteiger partial charge in [-0.25, -0.2) is 19.2 Å². The summed E-state index contributed by atoms with van der Waals surface area (Å²) in [6.45, 7) is 20.4. The summed E-state index contributed by atoms with van der Waals surface area (Å²) in [6.07, 6.45) is -13.9. The zero-order valence-electron chi connectivity index (χ0n) is 40.8. The molecule has 3 rings (SSSR count). The number of hydrogen-bond acceptors (Lipinski definition) is 18. The van der Waals surface area contributed by atoms with Crippen LogP contribution in [0.1, 0.15) is 109 Å². The molecule has 2 fully saturated rings. The highest BCUT2D eigenvalue weighted by Crippen LogP contribution is 2.35. The van der Waals surface area contributed by atoms with Gasteiger partial charge in [0.2, 0.25) is 12.2 Å². The Morgan fingerprint density at radius 1 is 0.773 bits per heavy atom. The van der Waals surface area contributed by atoms with E-state index >= 15 is 0 Å². The van der Waals surface area contributed by atoms with Crippen LogP contribution in [-0.2, 0) is 42.7 Å². The molecule has 2 heterocycles. The third kappa shape index (κ3) is 17.4. The summed E-state index contributed by atoms with van der Waals surface area (Å²) in [4.78, 5) is 66.6. The number of nitrogens with one attached hydrogen (secondary N) is 4. The molecule has 0 spiro atoms. The molecule has 0 aromatic heterocycles. The smallest absolute Gasteiger partial charge is 0.410 e. The van der Waals surface area contributed by atoms with Gasteiger partial charge in [-0.05, 0) is 115 Å². The van der Waals surface area contributed by atoms with Crippen LogP contribution in [0.4, 0.5) is 19.2 Å². The number of amides is 5. The van der Waals surface area contributed by atoms with Crippen molar-refractivity contribution in [2.24, 2.45) is 5.73 Å². The lowest BCUT2D eigenvalue weighted by Gasteiger charge is -2.50. The van der Waals surface area contributed by atoms with Crippen molar-refractivity contribution in [2.45, 2.75) is 205 Å². The maximum Gasteiger partial charge on any atom is 0.410 e. The van der Waals surface area contributed by atoms with Crippen LogP contribution in [0.2, 0.25) is 0 Å². The first-order valence-corrected chi connectivity index (χ1v) is 22.1. The fourth-order valence-corrected chi connectivity index (χ4v) is 7.30. The SMILES string of the molecule is CN(C(=O)OC(C)(C)C)C1[C@@H](O)[C@@H](O[C@@H]2[C@@H](O)[C@@H](O[C@H]3OC(CN)=CCC3NC(=O)OC(C)(C)C)[C@@H](NC(=O)OC(C)(C)C)C[C@@H]2NC(=O)[C@H](O)CCNC(=O)OC(C)(C)C)OC[C@]1(C)O. The summed E-state index contributed by atoms with van der Waals surface area (Å²) in [6, 6.07) is -4.93.